The van der Waals surface area contributed by atoms with Crippen molar-refractivity contribution in [1.82, 2.24) is 10.2 Å². The van der Waals surface area contributed by atoms with Crippen molar-refractivity contribution in [3.05, 3.63) is 0 Å². The third-order valence-corrected chi connectivity index (χ3v) is 4.87. The fraction of sp³-hybridized carbons (Fsp3) is 0.941. The molecule has 3 N–H and O–H groups in total. The summed E-state index contributed by atoms with van der Waals surface area (Å²) in [6.07, 6.45) is 7.16. The lowest BCUT2D eigenvalue weighted by molar-refractivity contribution is -0.124. The molecule has 0 spiro atoms. The molecule has 0 saturated heterocycles. The number of hydrogen-bond acceptors (Lipinski definition) is 3. The summed E-state index contributed by atoms with van der Waals surface area (Å²) in [5.41, 5.74) is 4.99. The van der Waals surface area contributed by atoms with Gasteiger partial charge in [-0.1, -0.05) is 19.8 Å². The molecule has 0 aromatic carbocycles. The topological polar surface area (TPSA) is 58.4 Å². The van der Waals surface area contributed by atoms with Crippen molar-refractivity contribution in [2.75, 3.05) is 13.6 Å². The molecular weight excluding hydrogens is 262 g/mol. The van der Waals surface area contributed by atoms with E-state index >= 15 is 0 Å². The van der Waals surface area contributed by atoms with Crippen molar-refractivity contribution < 1.29 is 4.79 Å². The highest BCUT2D eigenvalue weighted by Gasteiger charge is 2.31. The number of nitrogens with one attached hydrogen (secondary N) is 1. The maximum absolute atomic E-state index is 11.7. The van der Waals surface area contributed by atoms with Crippen LogP contribution in [-0.2, 0) is 4.79 Å². The number of nitrogens with two attached hydrogens (primary N) is 1. The van der Waals surface area contributed by atoms with Crippen LogP contribution in [0, 0.1) is 5.92 Å². The molecule has 3 atom stereocenters. The van der Waals surface area contributed by atoms with Crippen LogP contribution in [0.2, 0.25) is 0 Å². The Morgan fingerprint density at radius 3 is 2.62 bits per heavy atom. The minimum atomic E-state index is -0.588. The highest BCUT2D eigenvalue weighted by atomic mass is 16.1. The van der Waals surface area contributed by atoms with Crippen LogP contribution in [0.5, 0.6) is 0 Å². The van der Waals surface area contributed by atoms with E-state index in [4.69, 9.17) is 5.73 Å². The molecule has 0 aliphatic heterocycles. The molecule has 0 heterocycles. The van der Waals surface area contributed by atoms with E-state index in [1.54, 1.807) is 0 Å². The molecule has 1 aliphatic carbocycles. The second-order valence-corrected chi connectivity index (χ2v) is 7.51. The van der Waals surface area contributed by atoms with Gasteiger partial charge in [0.15, 0.2) is 0 Å². The molecule has 21 heavy (non-hydrogen) atoms. The zero-order valence-electron chi connectivity index (χ0n) is 14.6. The molecule has 0 aromatic rings. The molecule has 1 fully saturated rings. The van der Waals surface area contributed by atoms with Gasteiger partial charge in [0, 0.05) is 12.1 Å². The van der Waals surface area contributed by atoms with E-state index < -0.39 is 5.54 Å². The Morgan fingerprint density at radius 1 is 1.43 bits per heavy atom. The molecule has 0 radical (unpaired) electrons. The summed E-state index contributed by atoms with van der Waals surface area (Å²) in [7, 11) is 2.22. The SMILES string of the molecule is CC1CCCC(N(C)CCCC(C)(NC(C)C)C(N)=O)C1. The second kappa shape index (κ2) is 8.14. The molecule has 1 amide bonds. The van der Waals surface area contributed by atoms with Crippen molar-refractivity contribution in [3.63, 3.8) is 0 Å². The second-order valence-electron chi connectivity index (χ2n) is 7.51. The van der Waals surface area contributed by atoms with Crippen LogP contribution >= 0.6 is 0 Å². The van der Waals surface area contributed by atoms with Gasteiger partial charge >= 0.3 is 0 Å². The van der Waals surface area contributed by atoms with Gasteiger partial charge < -0.3 is 16.0 Å². The van der Waals surface area contributed by atoms with E-state index in [2.05, 4.69) is 38.0 Å². The average Bonchev–Trinajstić information content (AvgIpc) is 2.37. The van der Waals surface area contributed by atoms with E-state index in [0.29, 0.717) is 6.04 Å². The van der Waals surface area contributed by atoms with Crippen LogP contribution in [0.15, 0.2) is 0 Å². The molecule has 124 valence electrons. The van der Waals surface area contributed by atoms with Crippen molar-refractivity contribution >= 4 is 5.91 Å². The van der Waals surface area contributed by atoms with Crippen molar-refractivity contribution in [2.24, 2.45) is 11.7 Å². The van der Waals surface area contributed by atoms with Gasteiger partial charge in [0.25, 0.3) is 0 Å². The zero-order valence-corrected chi connectivity index (χ0v) is 14.6. The summed E-state index contributed by atoms with van der Waals surface area (Å²) in [6, 6.07) is 0.978. The Hall–Kier alpha value is -0.610. The summed E-state index contributed by atoms with van der Waals surface area (Å²) in [6.45, 7) is 9.43. The molecule has 0 aromatic heterocycles. The van der Waals surface area contributed by atoms with E-state index in [0.717, 1.165) is 25.3 Å². The van der Waals surface area contributed by atoms with E-state index in [1.165, 1.54) is 25.7 Å². The average molecular weight is 297 g/mol. The third-order valence-electron chi connectivity index (χ3n) is 4.87. The van der Waals surface area contributed by atoms with Crippen LogP contribution in [-0.4, -0.2) is 42.0 Å². The Balaban J connectivity index is 2.41. The smallest absolute Gasteiger partial charge is 0.237 e. The number of amides is 1. The fourth-order valence-corrected chi connectivity index (χ4v) is 3.57. The molecule has 1 rings (SSSR count). The van der Waals surface area contributed by atoms with Crippen LogP contribution in [0.3, 0.4) is 0 Å². The van der Waals surface area contributed by atoms with Crippen LogP contribution in [0.4, 0.5) is 0 Å². The quantitative estimate of drug-likeness (QED) is 0.724. The molecule has 4 nitrogen and oxygen atoms in total. The van der Waals surface area contributed by atoms with Gasteiger partial charge in [-0.15, -0.1) is 0 Å². The minimum absolute atomic E-state index is 0.245. The van der Waals surface area contributed by atoms with E-state index in [-0.39, 0.29) is 11.9 Å². The van der Waals surface area contributed by atoms with E-state index in [9.17, 15) is 4.79 Å². The molecule has 0 bridgehead atoms. The molecule has 1 saturated carbocycles. The van der Waals surface area contributed by atoms with Crippen LogP contribution < -0.4 is 11.1 Å². The lowest BCUT2D eigenvalue weighted by atomic mass is 9.86. The van der Waals surface area contributed by atoms with Crippen molar-refractivity contribution in [1.29, 1.82) is 0 Å². The van der Waals surface area contributed by atoms with E-state index in [1.807, 2.05) is 6.92 Å². The summed E-state index contributed by atoms with van der Waals surface area (Å²) < 4.78 is 0. The van der Waals surface area contributed by atoms with Gasteiger partial charge in [-0.05, 0) is 66.0 Å². The van der Waals surface area contributed by atoms with Gasteiger partial charge in [0.05, 0.1) is 5.54 Å². The summed E-state index contributed by atoms with van der Waals surface area (Å²) in [5.74, 6) is 0.606. The van der Waals surface area contributed by atoms with Crippen molar-refractivity contribution in [3.8, 4) is 0 Å². The summed E-state index contributed by atoms with van der Waals surface area (Å²) >= 11 is 0. The number of carbonyl (C=O) groups excluding carboxylic acids is 1. The summed E-state index contributed by atoms with van der Waals surface area (Å²) in [4.78, 5) is 14.2. The first-order valence-corrected chi connectivity index (χ1v) is 8.52. The van der Waals surface area contributed by atoms with Crippen LogP contribution in [0.1, 0.15) is 66.2 Å². The fourth-order valence-electron chi connectivity index (χ4n) is 3.57. The standard InChI is InChI=1S/C17H35N3O/c1-13(2)19-17(4,16(18)21)10-7-11-20(5)15-9-6-8-14(3)12-15/h13-15,19H,6-12H2,1-5H3,(H2,18,21). The predicted octanol–water partition coefficient (Wildman–Crippen LogP) is 2.52. The number of nitrogens with zero attached hydrogens (tertiary/aromatic N) is 1. The van der Waals surface area contributed by atoms with Gasteiger partial charge in [0.1, 0.15) is 0 Å². The van der Waals surface area contributed by atoms with Crippen molar-refractivity contribution in [2.45, 2.75) is 83.8 Å². The normalized spacial score (nSPS) is 26.0. The van der Waals surface area contributed by atoms with Gasteiger partial charge in [0.2, 0.25) is 5.91 Å². The Labute approximate surface area is 130 Å². The highest BCUT2D eigenvalue weighted by molar-refractivity contribution is 5.84. The Kier molecular flexibility index (Phi) is 7.14. The van der Waals surface area contributed by atoms with Gasteiger partial charge in [-0.2, -0.15) is 0 Å². The van der Waals surface area contributed by atoms with Crippen LogP contribution in [0.25, 0.3) is 0 Å². The summed E-state index contributed by atoms with van der Waals surface area (Å²) in [5, 5.41) is 3.32. The maximum atomic E-state index is 11.7. The first-order valence-electron chi connectivity index (χ1n) is 8.52. The number of hydrogen-bond donors (Lipinski definition) is 2. The minimum Gasteiger partial charge on any atom is -0.368 e. The molecule has 4 heteroatoms. The van der Waals surface area contributed by atoms with Gasteiger partial charge in [-0.25, -0.2) is 0 Å². The largest absolute Gasteiger partial charge is 0.368 e. The number of primary amides is 1. The number of rotatable bonds is 8. The Bertz CT molecular complexity index is 332. The van der Waals surface area contributed by atoms with Gasteiger partial charge in [-0.3, -0.25) is 4.79 Å². The first-order chi connectivity index (χ1) is 9.74. The first kappa shape index (κ1) is 18.4. The lowest BCUT2D eigenvalue weighted by Gasteiger charge is -2.35. The zero-order chi connectivity index (χ0) is 16.0. The Morgan fingerprint density at radius 2 is 2.10 bits per heavy atom. The highest BCUT2D eigenvalue weighted by Crippen LogP contribution is 2.27. The predicted molar refractivity (Wildman–Crippen MR) is 89.2 cm³/mol. The maximum Gasteiger partial charge on any atom is 0.237 e. The molecule has 3 unspecified atom stereocenters. The third kappa shape index (κ3) is 5.95. The molecular formula is C17H35N3O. The monoisotopic (exact) mass is 297 g/mol. The lowest BCUT2D eigenvalue weighted by Crippen LogP contribution is -2.55. The number of carbonyl (C=O) groups is 1. The molecule has 1 aliphatic rings.